The van der Waals surface area contributed by atoms with Crippen LogP contribution < -0.4 is 0 Å². The SMILES string of the molecule is CC1(C)O[C@H]2O[C@H]([C@@H](O)CC(=O)O)[C@H](OCc3ccccc3)[C@H]2O1. The van der Waals surface area contributed by atoms with Crippen LogP contribution in [0, 0.1) is 0 Å². The van der Waals surface area contributed by atoms with Crippen molar-refractivity contribution in [3.05, 3.63) is 35.9 Å². The summed E-state index contributed by atoms with van der Waals surface area (Å²) in [6.45, 7) is 3.84. The number of carboxylic acids is 1. The number of carbonyl (C=O) groups is 1. The van der Waals surface area contributed by atoms with E-state index in [-0.39, 0.29) is 0 Å². The van der Waals surface area contributed by atoms with Gasteiger partial charge in [-0.05, 0) is 19.4 Å². The molecule has 2 fully saturated rings. The van der Waals surface area contributed by atoms with Crippen LogP contribution in [-0.4, -0.2) is 52.7 Å². The van der Waals surface area contributed by atoms with Gasteiger partial charge in [0, 0.05) is 0 Å². The molecule has 0 aliphatic carbocycles. The summed E-state index contributed by atoms with van der Waals surface area (Å²) in [5.74, 6) is -1.92. The summed E-state index contributed by atoms with van der Waals surface area (Å²) in [5, 5.41) is 19.1. The Bertz CT molecular complexity index is 574. The standard InChI is InChI=1S/C17H22O7/c1-17(2)23-15-14(21-9-10-6-4-3-5-7-10)13(22-16(15)24-17)11(18)8-12(19)20/h3-7,11,13-16,18H,8-9H2,1-2H3,(H,19,20)/t11-,13+,14-,15+,16+/m0/s1. The highest BCUT2D eigenvalue weighted by Gasteiger charge is 2.57. The van der Waals surface area contributed by atoms with Gasteiger partial charge in [0.1, 0.15) is 18.3 Å². The zero-order valence-electron chi connectivity index (χ0n) is 13.6. The highest BCUT2D eigenvalue weighted by Crippen LogP contribution is 2.40. The molecule has 2 aliphatic rings. The van der Waals surface area contributed by atoms with Gasteiger partial charge in [-0.15, -0.1) is 0 Å². The first kappa shape index (κ1) is 17.3. The molecule has 0 bridgehead atoms. The van der Waals surface area contributed by atoms with Crippen molar-refractivity contribution in [2.75, 3.05) is 0 Å². The number of carboxylic acid groups (broad SMARTS) is 1. The van der Waals surface area contributed by atoms with E-state index in [9.17, 15) is 9.90 Å². The monoisotopic (exact) mass is 338 g/mol. The summed E-state index contributed by atoms with van der Waals surface area (Å²) in [5.41, 5.74) is 0.964. The second-order valence-electron chi connectivity index (χ2n) is 6.50. The molecule has 24 heavy (non-hydrogen) atoms. The molecule has 132 valence electrons. The summed E-state index contributed by atoms with van der Waals surface area (Å²) in [6, 6.07) is 9.56. The molecule has 0 saturated carbocycles. The highest BCUT2D eigenvalue weighted by molar-refractivity contribution is 5.67. The first-order valence-corrected chi connectivity index (χ1v) is 7.92. The lowest BCUT2D eigenvalue weighted by atomic mass is 10.0. The third kappa shape index (κ3) is 3.76. The molecule has 0 spiro atoms. The number of benzene rings is 1. The number of aliphatic hydroxyl groups is 1. The Morgan fingerprint density at radius 1 is 1.29 bits per heavy atom. The first-order valence-electron chi connectivity index (χ1n) is 7.92. The number of aliphatic carboxylic acids is 1. The summed E-state index contributed by atoms with van der Waals surface area (Å²) < 4.78 is 23.1. The van der Waals surface area contributed by atoms with Crippen LogP contribution in [0.1, 0.15) is 25.8 Å². The van der Waals surface area contributed by atoms with E-state index in [1.165, 1.54) is 0 Å². The first-order chi connectivity index (χ1) is 11.4. The second-order valence-corrected chi connectivity index (χ2v) is 6.50. The molecular formula is C17H22O7. The Labute approximate surface area is 140 Å². The molecule has 3 rings (SSSR count). The molecule has 7 heteroatoms. The van der Waals surface area contributed by atoms with E-state index in [4.69, 9.17) is 24.1 Å². The van der Waals surface area contributed by atoms with E-state index in [0.717, 1.165) is 5.56 Å². The zero-order valence-corrected chi connectivity index (χ0v) is 13.6. The molecule has 0 unspecified atom stereocenters. The molecule has 5 atom stereocenters. The Hall–Kier alpha value is -1.51. The van der Waals surface area contributed by atoms with Crippen molar-refractivity contribution in [3.8, 4) is 0 Å². The lowest BCUT2D eigenvalue weighted by molar-refractivity contribution is -0.231. The van der Waals surface area contributed by atoms with Crippen LogP contribution in [0.2, 0.25) is 0 Å². The van der Waals surface area contributed by atoms with Crippen molar-refractivity contribution in [1.29, 1.82) is 0 Å². The molecule has 0 amide bonds. The van der Waals surface area contributed by atoms with Crippen molar-refractivity contribution in [1.82, 2.24) is 0 Å². The van der Waals surface area contributed by atoms with E-state index >= 15 is 0 Å². The lowest BCUT2D eigenvalue weighted by Gasteiger charge is -2.28. The largest absolute Gasteiger partial charge is 0.481 e. The zero-order chi connectivity index (χ0) is 17.3. The fourth-order valence-electron chi connectivity index (χ4n) is 3.07. The van der Waals surface area contributed by atoms with Gasteiger partial charge in [-0.2, -0.15) is 0 Å². The van der Waals surface area contributed by atoms with Crippen LogP contribution in [0.3, 0.4) is 0 Å². The normalized spacial score (nSPS) is 32.5. The molecule has 1 aromatic carbocycles. The van der Waals surface area contributed by atoms with Crippen molar-refractivity contribution in [2.24, 2.45) is 0 Å². The fourth-order valence-corrected chi connectivity index (χ4v) is 3.07. The van der Waals surface area contributed by atoms with Crippen LogP contribution in [0.5, 0.6) is 0 Å². The molecular weight excluding hydrogens is 316 g/mol. The predicted molar refractivity (Wildman–Crippen MR) is 82.0 cm³/mol. The van der Waals surface area contributed by atoms with Crippen molar-refractivity contribution >= 4 is 5.97 Å². The summed E-state index contributed by atoms with van der Waals surface area (Å²) in [7, 11) is 0. The Balaban J connectivity index is 1.72. The van der Waals surface area contributed by atoms with Crippen molar-refractivity contribution in [3.63, 3.8) is 0 Å². The second kappa shape index (κ2) is 6.78. The fraction of sp³-hybridized carbons (Fsp3) is 0.588. The molecule has 2 saturated heterocycles. The summed E-state index contributed by atoms with van der Waals surface area (Å²) >= 11 is 0. The van der Waals surface area contributed by atoms with Crippen LogP contribution in [0.4, 0.5) is 0 Å². The maximum Gasteiger partial charge on any atom is 0.306 e. The predicted octanol–water partition coefficient (Wildman–Crippen LogP) is 1.28. The molecule has 2 N–H and O–H groups in total. The van der Waals surface area contributed by atoms with E-state index in [1.54, 1.807) is 13.8 Å². The molecule has 2 heterocycles. The molecule has 7 nitrogen and oxygen atoms in total. The van der Waals surface area contributed by atoms with E-state index in [0.29, 0.717) is 6.61 Å². The topological polar surface area (TPSA) is 94.5 Å². The summed E-state index contributed by atoms with van der Waals surface area (Å²) in [6.07, 6.45) is -4.28. The molecule has 0 radical (unpaired) electrons. The Kier molecular flexibility index (Phi) is 4.89. The van der Waals surface area contributed by atoms with Gasteiger partial charge in [-0.1, -0.05) is 30.3 Å². The number of rotatable bonds is 6. The number of aliphatic hydroxyl groups excluding tert-OH is 1. The molecule has 1 aromatic rings. The summed E-state index contributed by atoms with van der Waals surface area (Å²) in [4.78, 5) is 10.9. The average Bonchev–Trinajstić information content (AvgIpc) is 2.97. The Morgan fingerprint density at radius 2 is 2.00 bits per heavy atom. The minimum absolute atomic E-state index is 0.304. The van der Waals surface area contributed by atoms with Crippen LogP contribution in [0.15, 0.2) is 30.3 Å². The third-order valence-corrected chi connectivity index (χ3v) is 4.08. The Morgan fingerprint density at radius 3 is 2.67 bits per heavy atom. The third-order valence-electron chi connectivity index (χ3n) is 4.08. The highest BCUT2D eigenvalue weighted by atomic mass is 16.8. The van der Waals surface area contributed by atoms with Crippen LogP contribution in [-0.2, 0) is 30.3 Å². The average molecular weight is 338 g/mol. The smallest absolute Gasteiger partial charge is 0.306 e. The lowest BCUT2D eigenvalue weighted by Crippen LogP contribution is -2.43. The quantitative estimate of drug-likeness (QED) is 0.807. The van der Waals surface area contributed by atoms with Crippen LogP contribution in [0.25, 0.3) is 0 Å². The number of hydrogen-bond donors (Lipinski definition) is 2. The van der Waals surface area contributed by atoms with Gasteiger partial charge in [0.25, 0.3) is 0 Å². The molecule has 0 aromatic heterocycles. The van der Waals surface area contributed by atoms with E-state index in [1.807, 2.05) is 30.3 Å². The minimum atomic E-state index is -1.20. The van der Waals surface area contributed by atoms with Gasteiger partial charge in [-0.3, -0.25) is 4.79 Å². The van der Waals surface area contributed by atoms with Gasteiger partial charge in [0.15, 0.2) is 12.1 Å². The minimum Gasteiger partial charge on any atom is -0.481 e. The molecule has 2 aliphatic heterocycles. The van der Waals surface area contributed by atoms with Gasteiger partial charge >= 0.3 is 5.97 Å². The maximum absolute atomic E-state index is 10.9. The van der Waals surface area contributed by atoms with Crippen LogP contribution >= 0.6 is 0 Å². The van der Waals surface area contributed by atoms with E-state index < -0.39 is 48.9 Å². The van der Waals surface area contributed by atoms with Gasteiger partial charge < -0.3 is 29.2 Å². The number of hydrogen-bond acceptors (Lipinski definition) is 6. The van der Waals surface area contributed by atoms with Crippen molar-refractivity contribution < 1.29 is 34.0 Å². The van der Waals surface area contributed by atoms with Gasteiger partial charge in [0.2, 0.25) is 0 Å². The maximum atomic E-state index is 10.9. The number of fused-ring (bicyclic) bond motifs is 1. The number of ether oxygens (including phenoxy) is 4. The van der Waals surface area contributed by atoms with E-state index in [2.05, 4.69) is 0 Å². The van der Waals surface area contributed by atoms with Gasteiger partial charge in [0.05, 0.1) is 19.1 Å². The van der Waals surface area contributed by atoms with Gasteiger partial charge in [-0.25, -0.2) is 0 Å². The van der Waals surface area contributed by atoms with Crippen molar-refractivity contribution in [2.45, 2.75) is 63.4 Å².